The highest BCUT2D eigenvalue weighted by Crippen LogP contribution is 2.29. The monoisotopic (exact) mass is 294 g/mol. The highest BCUT2D eigenvalue weighted by atomic mass is 79.9. The first-order valence-corrected chi connectivity index (χ1v) is 6.45. The minimum atomic E-state index is 0.135. The van der Waals surface area contributed by atoms with Crippen LogP contribution in [0, 0.1) is 0 Å². The number of rotatable bonds is 4. The molecule has 1 unspecified atom stereocenters. The van der Waals surface area contributed by atoms with Gasteiger partial charge in [0.15, 0.2) is 5.76 Å². The number of nitrogens with one attached hydrogen (secondary N) is 1. The van der Waals surface area contributed by atoms with Crippen molar-refractivity contribution in [1.29, 1.82) is 0 Å². The zero-order valence-electron chi connectivity index (χ0n) is 9.90. The first-order valence-electron chi connectivity index (χ1n) is 5.66. The summed E-state index contributed by atoms with van der Waals surface area (Å²) in [4.78, 5) is 4.30. The van der Waals surface area contributed by atoms with E-state index in [0.29, 0.717) is 0 Å². The second-order valence-corrected chi connectivity index (χ2v) is 4.68. The van der Waals surface area contributed by atoms with Crippen LogP contribution in [0.3, 0.4) is 0 Å². The standard InChI is InChI=1S/C13H15BrN2O/c1-3-15-9(2)13-16-8-12(17-13)10-6-4-5-7-11(10)14/h4-9,15H,3H2,1-2H3. The quantitative estimate of drug-likeness (QED) is 0.933. The van der Waals surface area contributed by atoms with Gasteiger partial charge < -0.3 is 9.73 Å². The molecule has 3 nitrogen and oxygen atoms in total. The van der Waals surface area contributed by atoms with Gasteiger partial charge in [-0.05, 0) is 19.5 Å². The van der Waals surface area contributed by atoms with Crippen LogP contribution >= 0.6 is 15.9 Å². The fourth-order valence-corrected chi connectivity index (χ4v) is 2.15. The number of oxazole rings is 1. The Morgan fingerprint density at radius 3 is 2.88 bits per heavy atom. The van der Waals surface area contributed by atoms with Gasteiger partial charge in [-0.2, -0.15) is 0 Å². The van der Waals surface area contributed by atoms with E-state index in [1.807, 2.05) is 31.2 Å². The lowest BCUT2D eigenvalue weighted by atomic mass is 10.2. The van der Waals surface area contributed by atoms with Crippen LogP contribution in [0.4, 0.5) is 0 Å². The number of nitrogens with zero attached hydrogens (tertiary/aromatic N) is 1. The molecule has 0 saturated heterocycles. The van der Waals surface area contributed by atoms with E-state index in [9.17, 15) is 0 Å². The van der Waals surface area contributed by atoms with Crippen LogP contribution in [-0.4, -0.2) is 11.5 Å². The maximum absolute atomic E-state index is 5.76. The lowest BCUT2D eigenvalue weighted by Crippen LogP contribution is -2.17. The van der Waals surface area contributed by atoms with Crippen LogP contribution < -0.4 is 5.32 Å². The summed E-state index contributed by atoms with van der Waals surface area (Å²) in [6, 6.07) is 8.09. The molecule has 1 aromatic carbocycles. The summed E-state index contributed by atoms with van der Waals surface area (Å²) in [6.07, 6.45) is 1.77. The van der Waals surface area contributed by atoms with E-state index >= 15 is 0 Å². The third kappa shape index (κ3) is 2.76. The van der Waals surface area contributed by atoms with Crippen LogP contribution in [-0.2, 0) is 0 Å². The van der Waals surface area contributed by atoms with Crippen molar-refractivity contribution in [2.75, 3.05) is 6.54 Å². The zero-order chi connectivity index (χ0) is 12.3. The minimum absolute atomic E-state index is 0.135. The molecule has 17 heavy (non-hydrogen) atoms. The highest BCUT2D eigenvalue weighted by molar-refractivity contribution is 9.10. The molecule has 0 aliphatic carbocycles. The molecule has 0 radical (unpaired) electrons. The molecule has 1 N–H and O–H groups in total. The van der Waals surface area contributed by atoms with Crippen LogP contribution in [0.1, 0.15) is 25.8 Å². The van der Waals surface area contributed by atoms with Crippen molar-refractivity contribution in [2.24, 2.45) is 0 Å². The second-order valence-electron chi connectivity index (χ2n) is 3.82. The van der Waals surface area contributed by atoms with Gasteiger partial charge in [-0.1, -0.05) is 41.1 Å². The van der Waals surface area contributed by atoms with Gasteiger partial charge in [0.05, 0.1) is 12.2 Å². The Kier molecular flexibility index (Phi) is 3.97. The van der Waals surface area contributed by atoms with Crippen molar-refractivity contribution >= 4 is 15.9 Å². The first kappa shape index (κ1) is 12.3. The molecule has 2 rings (SSSR count). The van der Waals surface area contributed by atoms with Crippen molar-refractivity contribution < 1.29 is 4.42 Å². The smallest absolute Gasteiger partial charge is 0.211 e. The zero-order valence-corrected chi connectivity index (χ0v) is 11.5. The Balaban J connectivity index is 2.27. The van der Waals surface area contributed by atoms with Crippen molar-refractivity contribution in [2.45, 2.75) is 19.9 Å². The number of halogens is 1. The van der Waals surface area contributed by atoms with Crippen LogP contribution in [0.15, 0.2) is 39.4 Å². The molecule has 0 spiro atoms. The Bertz CT molecular complexity index is 496. The molecule has 1 heterocycles. The Morgan fingerprint density at radius 2 is 2.18 bits per heavy atom. The van der Waals surface area contributed by atoms with E-state index in [4.69, 9.17) is 4.42 Å². The normalized spacial score (nSPS) is 12.6. The molecule has 0 bridgehead atoms. The van der Waals surface area contributed by atoms with E-state index in [2.05, 4.69) is 33.2 Å². The molecule has 4 heteroatoms. The lowest BCUT2D eigenvalue weighted by Gasteiger charge is -2.07. The van der Waals surface area contributed by atoms with Crippen molar-refractivity contribution in [3.8, 4) is 11.3 Å². The van der Waals surface area contributed by atoms with Gasteiger partial charge in [-0.15, -0.1) is 0 Å². The molecule has 1 atom stereocenters. The lowest BCUT2D eigenvalue weighted by molar-refractivity contribution is 0.429. The van der Waals surface area contributed by atoms with E-state index in [0.717, 1.165) is 28.2 Å². The Hall–Kier alpha value is -1.13. The van der Waals surface area contributed by atoms with E-state index in [1.54, 1.807) is 6.20 Å². The van der Waals surface area contributed by atoms with E-state index in [1.165, 1.54) is 0 Å². The van der Waals surface area contributed by atoms with Crippen LogP contribution in [0.25, 0.3) is 11.3 Å². The molecule has 1 aromatic heterocycles. The maximum Gasteiger partial charge on any atom is 0.211 e. The topological polar surface area (TPSA) is 38.1 Å². The third-order valence-electron chi connectivity index (χ3n) is 2.54. The molecule has 0 saturated carbocycles. The molecule has 0 aliphatic heterocycles. The summed E-state index contributed by atoms with van der Waals surface area (Å²) in [6.45, 7) is 5.00. The van der Waals surface area contributed by atoms with Gasteiger partial charge in [0, 0.05) is 10.0 Å². The van der Waals surface area contributed by atoms with Gasteiger partial charge in [0.1, 0.15) is 0 Å². The Labute approximate surface area is 109 Å². The second kappa shape index (κ2) is 5.47. The number of aromatic nitrogens is 1. The van der Waals surface area contributed by atoms with Crippen molar-refractivity contribution in [1.82, 2.24) is 10.3 Å². The van der Waals surface area contributed by atoms with Crippen molar-refractivity contribution in [3.05, 3.63) is 40.8 Å². The van der Waals surface area contributed by atoms with Gasteiger partial charge in [0.25, 0.3) is 0 Å². The fraction of sp³-hybridized carbons (Fsp3) is 0.308. The summed E-state index contributed by atoms with van der Waals surface area (Å²) in [5, 5.41) is 3.27. The summed E-state index contributed by atoms with van der Waals surface area (Å²) < 4.78 is 6.77. The number of hydrogen-bond donors (Lipinski definition) is 1. The van der Waals surface area contributed by atoms with E-state index < -0.39 is 0 Å². The fourth-order valence-electron chi connectivity index (χ4n) is 1.67. The SMILES string of the molecule is CCNC(C)c1ncc(-c2ccccc2Br)o1. The van der Waals surface area contributed by atoms with Gasteiger partial charge >= 0.3 is 0 Å². The van der Waals surface area contributed by atoms with Crippen molar-refractivity contribution in [3.63, 3.8) is 0 Å². The first-order chi connectivity index (χ1) is 8.22. The Morgan fingerprint density at radius 1 is 1.41 bits per heavy atom. The molecule has 0 amide bonds. The summed E-state index contributed by atoms with van der Waals surface area (Å²) in [5.74, 6) is 1.51. The molecule has 2 aromatic rings. The molecule has 0 aliphatic rings. The average molecular weight is 295 g/mol. The molecule has 90 valence electrons. The summed E-state index contributed by atoms with van der Waals surface area (Å²) in [7, 11) is 0. The summed E-state index contributed by atoms with van der Waals surface area (Å²) >= 11 is 3.51. The minimum Gasteiger partial charge on any atom is -0.439 e. The molecular weight excluding hydrogens is 280 g/mol. The third-order valence-corrected chi connectivity index (χ3v) is 3.24. The largest absolute Gasteiger partial charge is 0.439 e. The number of hydrogen-bond acceptors (Lipinski definition) is 3. The molecule has 0 fully saturated rings. The van der Waals surface area contributed by atoms with Crippen LogP contribution in [0.5, 0.6) is 0 Å². The molecular formula is C13H15BrN2O. The average Bonchev–Trinajstić information content (AvgIpc) is 2.79. The van der Waals surface area contributed by atoms with Gasteiger partial charge in [-0.3, -0.25) is 0 Å². The summed E-state index contributed by atoms with van der Waals surface area (Å²) in [5.41, 5.74) is 1.02. The van der Waals surface area contributed by atoms with Gasteiger partial charge in [-0.25, -0.2) is 4.98 Å². The predicted octanol–water partition coefficient (Wildman–Crippen LogP) is 3.77. The number of benzene rings is 1. The predicted molar refractivity (Wildman–Crippen MR) is 71.7 cm³/mol. The van der Waals surface area contributed by atoms with Gasteiger partial charge in [0.2, 0.25) is 5.89 Å². The van der Waals surface area contributed by atoms with Crippen LogP contribution in [0.2, 0.25) is 0 Å². The maximum atomic E-state index is 5.76. The van der Waals surface area contributed by atoms with E-state index in [-0.39, 0.29) is 6.04 Å². The highest BCUT2D eigenvalue weighted by Gasteiger charge is 2.13.